The monoisotopic (exact) mass is 254 g/mol. The number of fused-ring (bicyclic) bond motifs is 1. The van der Waals surface area contributed by atoms with E-state index in [0.29, 0.717) is 11.8 Å². The van der Waals surface area contributed by atoms with Gasteiger partial charge < -0.3 is 14.9 Å². The van der Waals surface area contributed by atoms with Gasteiger partial charge in [-0.15, -0.1) is 0 Å². The zero-order valence-electron chi connectivity index (χ0n) is 12.0. The summed E-state index contributed by atoms with van der Waals surface area (Å²) in [5, 5.41) is 21.3. The van der Waals surface area contributed by atoms with Gasteiger partial charge in [0.25, 0.3) is 0 Å². The van der Waals surface area contributed by atoms with Crippen molar-refractivity contribution in [1.29, 1.82) is 0 Å². The molecule has 0 spiro atoms. The van der Waals surface area contributed by atoms with Gasteiger partial charge >= 0.3 is 0 Å². The average molecular weight is 254 g/mol. The largest absolute Gasteiger partial charge is 0.390 e. The summed E-state index contributed by atoms with van der Waals surface area (Å²) >= 11 is 0. The van der Waals surface area contributed by atoms with Crippen molar-refractivity contribution >= 4 is 0 Å². The first kappa shape index (κ1) is 12.9. The Morgan fingerprint density at radius 2 is 1.78 bits per heavy atom. The van der Waals surface area contributed by atoms with E-state index in [-0.39, 0.29) is 5.60 Å². The highest BCUT2D eigenvalue weighted by Crippen LogP contribution is 2.63. The van der Waals surface area contributed by atoms with Crippen LogP contribution in [0.5, 0.6) is 0 Å². The first-order valence-corrected chi connectivity index (χ1v) is 7.25. The van der Waals surface area contributed by atoms with E-state index in [4.69, 9.17) is 4.74 Å². The summed E-state index contributed by atoms with van der Waals surface area (Å²) in [5.41, 5.74) is -2.05. The molecule has 3 aliphatic rings. The summed E-state index contributed by atoms with van der Waals surface area (Å²) in [7, 11) is 0. The number of hydrogen-bond donors (Lipinski definition) is 2. The van der Waals surface area contributed by atoms with Crippen molar-refractivity contribution in [3.63, 3.8) is 0 Å². The fourth-order valence-electron chi connectivity index (χ4n) is 4.80. The summed E-state index contributed by atoms with van der Waals surface area (Å²) in [5.74, 6) is 0.718. The molecule has 3 heteroatoms. The van der Waals surface area contributed by atoms with Crippen molar-refractivity contribution in [3.8, 4) is 0 Å². The Balaban J connectivity index is 2.05. The lowest BCUT2D eigenvalue weighted by Crippen LogP contribution is -2.52. The van der Waals surface area contributed by atoms with Crippen LogP contribution in [0.25, 0.3) is 0 Å². The van der Waals surface area contributed by atoms with E-state index in [1.807, 2.05) is 20.8 Å². The minimum atomic E-state index is -0.842. The quantitative estimate of drug-likeness (QED) is 0.754. The second-order valence-corrected chi connectivity index (χ2v) is 7.78. The van der Waals surface area contributed by atoms with Crippen molar-refractivity contribution in [3.05, 3.63) is 0 Å². The smallest absolute Gasteiger partial charge is 0.0975 e. The third-order valence-corrected chi connectivity index (χ3v) is 6.15. The van der Waals surface area contributed by atoms with Crippen molar-refractivity contribution < 1.29 is 14.9 Å². The van der Waals surface area contributed by atoms with Crippen LogP contribution in [-0.4, -0.2) is 32.6 Å². The van der Waals surface area contributed by atoms with Gasteiger partial charge in [0.1, 0.15) is 0 Å². The average Bonchev–Trinajstić information content (AvgIpc) is 2.61. The van der Waals surface area contributed by atoms with Crippen LogP contribution in [-0.2, 0) is 4.74 Å². The predicted octanol–water partition coefficient (Wildman–Crippen LogP) is 2.25. The third kappa shape index (κ3) is 1.47. The highest BCUT2D eigenvalue weighted by Gasteiger charge is 2.67. The van der Waals surface area contributed by atoms with Gasteiger partial charge in [-0.25, -0.2) is 0 Å². The van der Waals surface area contributed by atoms with E-state index >= 15 is 0 Å². The summed E-state index contributed by atoms with van der Waals surface area (Å²) in [6, 6.07) is 0. The molecule has 2 N–H and O–H groups in total. The summed E-state index contributed by atoms with van der Waals surface area (Å²) in [6.45, 7) is 7.85. The number of rotatable bonds is 1. The molecule has 0 aromatic heterocycles. The number of aliphatic hydroxyl groups is 2. The molecule has 3 fully saturated rings. The van der Waals surface area contributed by atoms with Crippen LogP contribution in [0.15, 0.2) is 0 Å². The zero-order valence-corrected chi connectivity index (χ0v) is 12.0. The van der Waals surface area contributed by atoms with Crippen LogP contribution in [0, 0.1) is 11.8 Å². The molecule has 2 aliphatic carbocycles. The molecule has 1 saturated heterocycles. The lowest BCUT2D eigenvalue weighted by atomic mass is 9.76. The number of hydrogen-bond acceptors (Lipinski definition) is 3. The fraction of sp³-hybridized carbons (Fsp3) is 1.00. The molecular formula is C15H26O3. The van der Waals surface area contributed by atoms with E-state index in [1.165, 1.54) is 0 Å². The Labute approximate surface area is 110 Å². The van der Waals surface area contributed by atoms with Crippen LogP contribution in [0.4, 0.5) is 0 Å². The lowest BCUT2D eigenvalue weighted by Gasteiger charge is -2.43. The van der Waals surface area contributed by atoms with E-state index in [0.717, 1.165) is 32.1 Å². The van der Waals surface area contributed by atoms with E-state index < -0.39 is 16.8 Å². The Morgan fingerprint density at radius 3 is 2.39 bits per heavy atom. The van der Waals surface area contributed by atoms with Crippen molar-refractivity contribution in [2.75, 3.05) is 0 Å². The van der Waals surface area contributed by atoms with Gasteiger partial charge in [-0.05, 0) is 71.6 Å². The molecule has 5 atom stereocenters. The molecule has 0 amide bonds. The van der Waals surface area contributed by atoms with Crippen LogP contribution in [0.1, 0.15) is 59.8 Å². The van der Waals surface area contributed by atoms with Crippen LogP contribution < -0.4 is 0 Å². The molecule has 104 valence electrons. The maximum absolute atomic E-state index is 10.7. The third-order valence-electron chi connectivity index (χ3n) is 6.15. The molecule has 2 unspecified atom stereocenters. The molecule has 3 nitrogen and oxygen atoms in total. The van der Waals surface area contributed by atoms with Gasteiger partial charge in [-0.3, -0.25) is 0 Å². The first-order valence-electron chi connectivity index (χ1n) is 7.25. The second kappa shape index (κ2) is 3.31. The molecule has 0 radical (unpaired) electrons. The Morgan fingerprint density at radius 1 is 1.11 bits per heavy atom. The minimum Gasteiger partial charge on any atom is -0.390 e. The standard InChI is InChI=1S/C15H26O3/c1-12(2,16)15-8-7-13(3,17)10-5-6-14(4,18-15)11(10)9-15/h10-11,16-17H,5-9H2,1-4H3/t10-,11-,13-,14?,15?/m1/s1. The topological polar surface area (TPSA) is 49.7 Å². The second-order valence-electron chi connectivity index (χ2n) is 7.78. The maximum atomic E-state index is 10.7. The summed E-state index contributed by atoms with van der Waals surface area (Å²) in [6.07, 6.45) is 4.45. The molecule has 1 aliphatic heterocycles. The molecule has 2 bridgehead atoms. The van der Waals surface area contributed by atoms with Crippen LogP contribution >= 0.6 is 0 Å². The summed E-state index contributed by atoms with van der Waals surface area (Å²) in [4.78, 5) is 0. The molecule has 3 rings (SSSR count). The first-order chi connectivity index (χ1) is 8.10. The molecule has 1 heterocycles. The molecular weight excluding hydrogens is 228 g/mol. The molecule has 0 aromatic carbocycles. The van der Waals surface area contributed by atoms with E-state index in [9.17, 15) is 10.2 Å². The van der Waals surface area contributed by atoms with Gasteiger partial charge in [0.2, 0.25) is 0 Å². The highest BCUT2D eigenvalue weighted by atomic mass is 16.5. The molecule has 0 aromatic rings. The van der Waals surface area contributed by atoms with Gasteiger partial charge in [-0.2, -0.15) is 0 Å². The maximum Gasteiger partial charge on any atom is 0.0975 e. The zero-order chi connectivity index (χ0) is 13.4. The minimum absolute atomic E-state index is 0.144. The Bertz CT molecular complexity index is 370. The van der Waals surface area contributed by atoms with Crippen molar-refractivity contribution in [1.82, 2.24) is 0 Å². The number of ether oxygens (including phenoxy) is 1. The van der Waals surface area contributed by atoms with E-state index in [2.05, 4.69) is 6.92 Å². The van der Waals surface area contributed by atoms with Crippen LogP contribution in [0.2, 0.25) is 0 Å². The van der Waals surface area contributed by atoms with Crippen molar-refractivity contribution in [2.24, 2.45) is 11.8 Å². The normalized spacial score (nSPS) is 55.7. The van der Waals surface area contributed by atoms with Gasteiger partial charge in [-0.1, -0.05) is 0 Å². The van der Waals surface area contributed by atoms with Crippen LogP contribution in [0.3, 0.4) is 0 Å². The Hall–Kier alpha value is -0.120. The molecule has 18 heavy (non-hydrogen) atoms. The van der Waals surface area contributed by atoms with Gasteiger partial charge in [0.15, 0.2) is 0 Å². The SMILES string of the molecule is CC12CC[C@@H]3[C@H]1CC(C(C)(C)O)(CC[C@@]3(C)O)O2. The Kier molecular flexibility index (Phi) is 2.37. The summed E-state index contributed by atoms with van der Waals surface area (Å²) < 4.78 is 6.43. The van der Waals surface area contributed by atoms with E-state index in [1.54, 1.807) is 0 Å². The van der Waals surface area contributed by atoms with Gasteiger partial charge in [0, 0.05) is 0 Å². The highest BCUT2D eigenvalue weighted by molar-refractivity contribution is 5.16. The van der Waals surface area contributed by atoms with Gasteiger partial charge in [0.05, 0.1) is 22.4 Å². The predicted molar refractivity (Wildman–Crippen MR) is 69.2 cm³/mol. The lowest BCUT2D eigenvalue weighted by molar-refractivity contribution is -0.199. The fourth-order valence-corrected chi connectivity index (χ4v) is 4.80. The van der Waals surface area contributed by atoms with Crippen molar-refractivity contribution in [2.45, 2.75) is 82.2 Å². The molecule has 2 saturated carbocycles.